The van der Waals surface area contributed by atoms with Gasteiger partial charge in [0.05, 0.1) is 22.0 Å². The third kappa shape index (κ3) is 3.65. The van der Waals surface area contributed by atoms with Gasteiger partial charge < -0.3 is 5.73 Å². The van der Waals surface area contributed by atoms with Crippen molar-refractivity contribution < 1.29 is 12.8 Å². The van der Waals surface area contributed by atoms with Crippen LogP contribution in [0.15, 0.2) is 58.4 Å². The molecule has 26 heavy (non-hydrogen) atoms. The van der Waals surface area contributed by atoms with Crippen molar-refractivity contribution in [3.05, 3.63) is 54.3 Å². The number of rotatable bonds is 4. The summed E-state index contributed by atoms with van der Waals surface area (Å²) in [6.07, 6.45) is 1.15. The van der Waals surface area contributed by atoms with Crippen molar-refractivity contribution in [1.82, 2.24) is 10.2 Å². The van der Waals surface area contributed by atoms with Gasteiger partial charge >= 0.3 is 0 Å². The molecule has 0 aliphatic rings. The topological polar surface area (TPSA) is 101 Å². The molecule has 3 rings (SSSR count). The molecule has 0 atom stereocenters. The SMILES string of the molecule is CC(N)=Nc1n[nH]c(-c2ccc(S(C)(=O)=O)cc2)c1-c1ccc(F)cc1. The Hall–Kier alpha value is -3.00. The molecule has 1 aromatic heterocycles. The number of aromatic nitrogens is 2. The second kappa shape index (κ2) is 6.72. The second-order valence-electron chi connectivity index (χ2n) is 5.85. The molecule has 0 amide bonds. The summed E-state index contributed by atoms with van der Waals surface area (Å²) < 4.78 is 36.6. The molecular formula is C18H17FN4O2S. The Morgan fingerprint density at radius 2 is 1.65 bits per heavy atom. The van der Waals surface area contributed by atoms with Crippen molar-refractivity contribution in [3.63, 3.8) is 0 Å². The van der Waals surface area contributed by atoms with Crippen LogP contribution in [-0.4, -0.2) is 30.7 Å². The van der Waals surface area contributed by atoms with Crippen molar-refractivity contribution >= 4 is 21.5 Å². The maximum Gasteiger partial charge on any atom is 0.183 e. The minimum atomic E-state index is -3.29. The maximum atomic E-state index is 13.3. The fraction of sp³-hybridized carbons (Fsp3) is 0.111. The van der Waals surface area contributed by atoms with Gasteiger partial charge in [-0.25, -0.2) is 17.8 Å². The molecule has 1 heterocycles. The van der Waals surface area contributed by atoms with Gasteiger partial charge in [0.2, 0.25) is 0 Å². The molecule has 0 aliphatic heterocycles. The average molecular weight is 372 g/mol. The van der Waals surface area contributed by atoms with Crippen LogP contribution in [0.2, 0.25) is 0 Å². The van der Waals surface area contributed by atoms with Gasteiger partial charge in [-0.1, -0.05) is 24.3 Å². The van der Waals surface area contributed by atoms with Gasteiger partial charge in [0.15, 0.2) is 15.7 Å². The van der Waals surface area contributed by atoms with Gasteiger partial charge in [-0.05, 0) is 36.8 Å². The van der Waals surface area contributed by atoms with Crippen LogP contribution >= 0.6 is 0 Å². The molecular weight excluding hydrogens is 355 g/mol. The molecule has 134 valence electrons. The first-order valence-electron chi connectivity index (χ1n) is 7.71. The van der Waals surface area contributed by atoms with E-state index < -0.39 is 9.84 Å². The average Bonchev–Trinajstić information content (AvgIpc) is 2.98. The van der Waals surface area contributed by atoms with Crippen LogP contribution in [0.3, 0.4) is 0 Å². The van der Waals surface area contributed by atoms with Crippen LogP contribution in [0.1, 0.15) is 6.92 Å². The number of hydrogen-bond acceptors (Lipinski definition) is 4. The molecule has 0 spiro atoms. The van der Waals surface area contributed by atoms with Gasteiger partial charge in [-0.15, -0.1) is 0 Å². The van der Waals surface area contributed by atoms with Crippen LogP contribution in [0.4, 0.5) is 10.2 Å². The number of nitrogens with zero attached hydrogens (tertiary/aromatic N) is 2. The number of sulfone groups is 1. The number of H-pyrrole nitrogens is 1. The maximum absolute atomic E-state index is 13.3. The van der Waals surface area contributed by atoms with E-state index >= 15 is 0 Å². The second-order valence-corrected chi connectivity index (χ2v) is 7.87. The summed E-state index contributed by atoms with van der Waals surface area (Å²) in [6, 6.07) is 12.4. The zero-order valence-electron chi connectivity index (χ0n) is 14.2. The van der Waals surface area contributed by atoms with E-state index in [2.05, 4.69) is 15.2 Å². The van der Waals surface area contributed by atoms with Gasteiger partial charge in [-0.3, -0.25) is 5.10 Å². The van der Waals surface area contributed by atoms with E-state index in [4.69, 9.17) is 5.73 Å². The lowest BCUT2D eigenvalue weighted by Gasteiger charge is -2.06. The number of nitrogens with one attached hydrogen (secondary N) is 1. The first-order chi connectivity index (χ1) is 12.3. The fourth-order valence-electron chi connectivity index (χ4n) is 2.55. The molecule has 0 saturated heterocycles. The number of aromatic amines is 1. The van der Waals surface area contributed by atoms with Crippen molar-refractivity contribution in [1.29, 1.82) is 0 Å². The van der Waals surface area contributed by atoms with Crippen LogP contribution < -0.4 is 5.73 Å². The van der Waals surface area contributed by atoms with Crippen molar-refractivity contribution in [3.8, 4) is 22.4 Å². The zero-order chi connectivity index (χ0) is 18.9. The van der Waals surface area contributed by atoms with E-state index in [1.54, 1.807) is 31.2 Å². The van der Waals surface area contributed by atoms with E-state index in [1.807, 2.05) is 0 Å². The Morgan fingerprint density at radius 3 is 2.19 bits per heavy atom. The molecule has 0 fully saturated rings. The van der Waals surface area contributed by atoms with E-state index in [0.717, 1.165) is 11.8 Å². The lowest BCUT2D eigenvalue weighted by Crippen LogP contribution is -2.04. The number of benzene rings is 2. The molecule has 0 bridgehead atoms. The molecule has 2 aromatic carbocycles. The number of hydrogen-bond donors (Lipinski definition) is 2. The van der Waals surface area contributed by atoms with Crippen LogP contribution in [0.25, 0.3) is 22.4 Å². The molecule has 0 unspecified atom stereocenters. The molecule has 6 nitrogen and oxygen atoms in total. The minimum Gasteiger partial charge on any atom is -0.387 e. The quantitative estimate of drug-likeness (QED) is 0.542. The van der Waals surface area contributed by atoms with Crippen molar-refractivity contribution in [2.24, 2.45) is 10.7 Å². The lowest BCUT2D eigenvalue weighted by atomic mass is 10.0. The first kappa shape index (κ1) is 17.8. The van der Waals surface area contributed by atoms with Crippen LogP contribution in [0, 0.1) is 5.82 Å². The Bertz CT molecular complexity index is 1070. The normalized spacial score (nSPS) is 12.3. The molecule has 0 saturated carbocycles. The fourth-order valence-corrected chi connectivity index (χ4v) is 3.18. The standard InChI is InChI=1S/C18H17FN4O2S/c1-11(20)21-18-16(12-3-7-14(19)8-4-12)17(22-23-18)13-5-9-15(10-6-13)26(2,24)25/h3-10H,1-2H3,(H3,20,21,22,23). The molecule has 0 radical (unpaired) electrons. The van der Waals surface area contributed by atoms with Gasteiger partial charge in [-0.2, -0.15) is 5.10 Å². The highest BCUT2D eigenvalue weighted by atomic mass is 32.2. The van der Waals surface area contributed by atoms with Crippen LogP contribution in [-0.2, 0) is 9.84 Å². The Labute approximate surface area is 150 Å². The Kier molecular flexibility index (Phi) is 4.60. The third-order valence-corrected chi connectivity index (χ3v) is 4.86. The summed E-state index contributed by atoms with van der Waals surface area (Å²) >= 11 is 0. The molecule has 3 aromatic rings. The van der Waals surface area contributed by atoms with Gasteiger partial charge in [0, 0.05) is 11.8 Å². The van der Waals surface area contributed by atoms with E-state index in [-0.39, 0.29) is 10.7 Å². The largest absolute Gasteiger partial charge is 0.387 e. The number of aliphatic imine (C=N–C) groups is 1. The van der Waals surface area contributed by atoms with Crippen molar-refractivity contribution in [2.45, 2.75) is 11.8 Å². The molecule has 0 aliphatic carbocycles. The number of nitrogens with two attached hydrogens (primary N) is 1. The predicted octanol–water partition coefficient (Wildman–Crippen LogP) is 3.29. The highest BCUT2D eigenvalue weighted by molar-refractivity contribution is 7.90. The highest BCUT2D eigenvalue weighted by Gasteiger charge is 2.17. The predicted molar refractivity (Wildman–Crippen MR) is 99.5 cm³/mol. The van der Waals surface area contributed by atoms with E-state index in [9.17, 15) is 12.8 Å². The summed E-state index contributed by atoms with van der Waals surface area (Å²) in [5, 5.41) is 7.11. The summed E-state index contributed by atoms with van der Waals surface area (Å²) in [5.74, 6) is 0.356. The summed E-state index contributed by atoms with van der Waals surface area (Å²) in [5.41, 5.74) is 8.40. The van der Waals surface area contributed by atoms with Gasteiger partial charge in [0.1, 0.15) is 5.82 Å². The van der Waals surface area contributed by atoms with Crippen LogP contribution in [0.5, 0.6) is 0 Å². The van der Waals surface area contributed by atoms with Gasteiger partial charge in [0.25, 0.3) is 0 Å². The number of amidine groups is 1. The van der Waals surface area contributed by atoms with E-state index in [0.29, 0.717) is 28.5 Å². The third-order valence-electron chi connectivity index (χ3n) is 3.73. The Balaban J connectivity index is 2.17. The summed E-state index contributed by atoms with van der Waals surface area (Å²) in [7, 11) is -3.29. The smallest absolute Gasteiger partial charge is 0.183 e. The summed E-state index contributed by atoms with van der Waals surface area (Å²) in [6.45, 7) is 1.64. The lowest BCUT2D eigenvalue weighted by molar-refractivity contribution is 0.602. The highest BCUT2D eigenvalue weighted by Crippen LogP contribution is 2.37. The Morgan fingerprint density at radius 1 is 1.08 bits per heavy atom. The molecule has 3 N–H and O–H groups in total. The first-order valence-corrected chi connectivity index (χ1v) is 9.60. The van der Waals surface area contributed by atoms with Crippen molar-refractivity contribution in [2.75, 3.05) is 6.26 Å². The van der Waals surface area contributed by atoms with E-state index in [1.165, 1.54) is 24.3 Å². The zero-order valence-corrected chi connectivity index (χ0v) is 15.0. The monoisotopic (exact) mass is 372 g/mol. The number of halogens is 1. The molecule has 8 heteroatoms. The summed E-state index contributed by atoms with van der Waals surface area (Å²) in [4.78, 5) is 4.45. The minimum absolute atomic E-state index is 0.222.